The fourth-order valence-corrected chi connectivity index (χ4v) is 3.64. The van der Waals surface area contributed by atoms with Crippen LogP contribution in [0.15, 0.2) is 36.5 Å². The molecular weight excluding hydrogens is 272 g/mol. The molecule has 1 aromatic heterocycles. The van der Waals surface area contributed by atoms with Crippen LogP contribution in [0.3, 0.4) is 0 Å². The molecule has 1 saturated carbocycles. The van der Waals surface area contributed by atoms with E-state index in [1.807, 2.05) is 19.2 Å². The summed E-state index contributed by atoms with van der Waals surface area (Å²) in [5.41, 5.74) is 2.36. The molecule has 0 bridgehead atoms. The van der Waals surface area contributed by atoms with Crippen LogP contribution in [0, 0.1) is 0 Å². The summed E-state index contributed by atoms with van der Waals surface area (Å²) in [6.07, 6.45) is 8.07. The summed E-state index contributed by atoms with van der Waals surface area (Å²) < 4.78 is 0. The summed E-state index contributed by atoms with van der Waals surface area (Å²) in [6.45, 7) is 3.51. The summed E-state index contributed by atoms with van der Waals surface area (Å²) in [5.74, 6) is 0. The van der Waals surface area contributed by atoms with Gasteiger partial charge in [0.05, 0.1) is 11.6 Å². The normalized spacial score (nSPS) is 18.0. The number of aromatic nitrogens is 1. The zero-order valence-corrected chi connectivity index (χ0v) is 13.4. The molecule has 3 nitrogen and oxygen atoms in total. The molecule has 1 atom stereocenters. The molecule has 22 heavy (non-hydrogen) atoms. The van der Waals surface area contributed by atoms with Crippen molar-refractivity contribution in [2.45, 2.75) is 57.7 Å². The van der Waals surface area contributed by atoms with E-state index in [0.717, 1.165) is 18.6 Å². The lowest BCUT2D eigenvalue weighted by Gasteiger charge is -2.35. The summed E-state index contributed by atoms with van der Waals surface area (Å²) in [4.78, 5) is 7.03. The molecule has 0 saturated heterocycles. The first kappa shape index (κ1) is 15.4. The third kappa shape index (κ3) is 3.65. The van der Waals surface area contributed by atoms with Gasteiger partial charge in [-0.2, -0.15) is 0 Å². The van der Waals surface area contributed by atoms with E-state index in [0.29, 0.717) is 6.04 Å². The molecule has 0 amide bonds. The molecule has 1 N–H and O–H groups in total. The van der Waals surface area contributed by atoms with E-state index >= 15 is 0 Å². The van der Waals surface area contributed by atoms with Crippen LogP contribution in [0.5, 0.6) is 0 Å². The average Bonchev–Trinajstić information content (AvgIpc) is 2.55. The summed E-state index contributed by atoms with van der Waals surface area (Å²) in [6, 6.07) is 11.1. The van der Waals surface area contributed by atoms with Gasteiger partial charge in [-0.15, -0.1) is 0 Å². The molecule has 118 valence electrons. The van der Waals surface area contributed by atoms with Crippen LogP contribution >= 0.6 is 0 Å². The van der Waals surface area contributed by atoms with Crippen molar-refractivity contribution in [3.8, 4) is 0 Å². The maximum Gasteiger partial charge on any atom is 0.0746 e. The Labute approximate surface area is 133 Å². The number of para-hydroxylation sites is 1. The van der Waals surface area contributed by atoms with E-state index in [4.69, 9.17) is 0 Å². The second-order valence-corrected chi connectivity index (χ2v) is 6.56. The molecule has 1 aliphatic carbocycles. The van der Waals surface area contributed by atoms with E-state index in [1.165, 1.54) is 43.1 Å². The fraction of sp³-hybridized carbons (Fsp3) is 0.526. The van der Waals surface area contributed by atoms with Gasteiger partial charge in [0.1, 0.15) is 0 Å². The number of fused-ring (bicyclic) bond motifs is 1. The van der Waals surface area contributed by atoms with Crippen molar-refractivity contribution in [2.24, 2.45) is 0 Å². The van der Waals surface area contributed by atoms with Crippen LogP contribution in [0.25, 0.3) is 10.9 Å². The van der Waals surface area contributed by atoms with Crippen LogP contribution < -0.4 is 0 Å². The minimum absolute atomic E-state index is 0.287. The van der Waals surface area contributed by atoms with Gasteiger partial charge in [-0.05, 0) is 31.4 Å². The van der Waals surface area contributed by atoms with E-state index < -0.39 is 0 Å². The monoisotopic (exact) mass is 298 g/mol. The largest absolute Gasteiger partial charge is 0.392 e. The maximum atomic E-state index is 9.89. The molecule has 1 heterocycles. The smallest absolute Gasteiger partial charge is 0.0746 e. The fourth-order valence-electron chi connectivity index (χ4n) is 3.64. The van der Waals surface area contributed by atoms with Crippen molar-refractivity contribution in [1.29, 1.82) is 0 Å². The first-order chi connectivity index (χ1) is 10.7. The second kappa shape index (κ2) is 7.21. The Morgan fingerprint density at radius 2 is 1.95 bits per heavy atom. The first-order valence-electron chi connectivity index (χ1n) is 8.49. The minimum Gasteiger partial charge on any atom is -0.392 e. The van der Waals surface area contributed by atoms with Crippen LogP contribution in [0.4, 0.5) is 0 Å². The van der Waals surface area contributed by atoms with Crippen molar-refractivity contribution in [3.63, 3.8) is 0 Å². The van der Waals surface area contributed by atoms with Gasteiger partial charge in [0, 0.05) is 30.7 Å². The SMILES string of the molecule is CC(O)CN(Cc1cccc2cccnc12)C1CCCCC1. The lowest BCUT2D eigenvalue weighted by Crippen LogP contribution is -2.40. The number of aliphatic hydroxyl groups excluding tert-OH is 1. The molecule has 0 spiro atoms. The lowest BCUT2D eigenvalue weighted by atomic mass is 9.93. The number of rotatable bonds is 5. The summed E-state index contributed by atoms with van der Waals surface area (Å²) in [7, 11) is 0. The molecule has 1 aromatic carbocycles. The van der Waals surface area contributed by atoms with Gasteiger partial charge in [-0.3, -0.25) is 9.88 Å². The number of hydrogen-bond donors (Lipinski definition) is 1. The second-order valence-electron chi connectivity index (χ2n) is 6.56. The first-order valence-corrected chi connectivity index (χ1v) is 8.49. The van der Waals surface area contributed by atoms with Crippen LogP contribution in [0.2, 0.25) is 0 Å². The Kier molecular flexibility index (Phi) is 5.06. The molecule has 1 fully saturated rings. The molecule has 3 rings (SSSR count). The van der Waals surface area contributed by atoms with Gasteiger partial charge in [-0.1, -0.05) is 43.5 Å². The van der Waals surface area contributed by atoms with Gasteiger partial charge >= 0.3 is 0 Å². The number of aliphatic hydroxyl groups is 1. The van der Waals surface area contributed by atoms with E-state index in [9.17, 15) is 5.11 Å². The van der Waals surface area contributed by atoms with Gasteiger partial charge in [0.15, 0.2) is 0 Å². The molecule has 3 heteroatoms. The zero-order valence-electron chi connectivity index (χ0n) is 13.4. The molecule has 0 radical (unpaired) electrons. The Bertz CT molecular complexity index is 600. The Morgan fingerprint density at radius 3 is 2.73 bits per heavy atom. The molecular formula is C19H26N2O. The van der Waals surface area contributed by atoms with Crippen LogP contribution in [-0.2, 0) is 6.54 Å². The van der Waals surface area contributed by atoms with Gasteiger partial charge in [-0.25, -0.2) is 0 Å². The van der Waals surface area contributed by atoms with Gasteiger partial charge < -0.3 is 5.11 Å². The highest BCUT2D eigenvalue weighted by atomic mass is 16.3. The number of pyridine rings is 1. The minimum atomic E-state index is -0.287. The topological polar surface area (TPSA) is 36.4 Å². The highest BCUT2D eigenvalue weighted by molar-refractivity contribution is 5.81. The Hall–Kier alpha value is -1.45. The van der Waals surface area contributed by atoms with Crippen LogP contribution in [0.1, 0.15) is 44.6 Å². The van der Waals surface area contributed by atoms with Gasteiger partial charge in [0.2, 0.25) is 0 Å². The highest BCUT2D eigenvalue weighted by Gasteiger charge is 2.22. The summed E-state index contributed by atoms with van der Waals surface area (Å²) in [5, 5.41) is 11.1. The molecule has 0 aliphatic heterocycles. The lowest BCUT2D eigenvalue weighted by molar-refractivity contribution is 0.0771. The number of benzene rings is 1. The van der Waals surface area contributed by atoms with Crippen LogP contribution in [-0.4, -0.2) is 33.7 Å². The Balaban J connectivity index is 1.84. The zero-order chi connectivity index (χ0) is 15.4. The van der Waals surface area contributed by atoms with E-state index in [2.05, 4.69) is 34.1 Å². The van der Waals surface area contributed by atoms with Crippen molar-refractivity contribution in [1.82, 2.24) is 9.88 Å². The highest BCUT2D eigenvalue weighted by Crippen LogP contribution is 2.26. The number of hydrogen-bond acceptors (Lipinski definition) is 3. The predicted octanol–water partition coefficient (Wildman–Crippen LogP) is 3.75. The third-order valence-electron chi connectivity index (χ3n) is 4.68. The van der Waals surface area contributed by atoms with Crippen molar-refractivity contribution >= 4 is 10.9 Å². The third-order valence-corrected chi connectivity index (χ3v) is 4.68. The van der Waals surface area contributed by atoms with Crippen molar-refractivity contribution in [2.75, 3.05) is 6.54 Å². The molecule has 1 aliphatic rings. The van der Waals surface area contributed by atoms with E-state index in [-0.39, 0.29) is 6.10 Å². The standard InChI is InChI=1S/C19H26N2O/c1-15(22)13-21(18-10-3-2-4-11-18)14-17-8-5-7-16-9-6-12-20-19(16)17/h5-9,12,15,18,22H,2-4,10-11,13-14H2,1H3. The summed E-state index contributed by atoms with van der Waals surface area (Å²) >= 11 is 0. The maximum absolute atomic E-state index is 9.89. The number of nitrogens with zero attached hydrogens (tertiary/aromatic N) is 2. The Morgan fingerprint density at radius 1 is 1.18 bits per heavy atom. The average molecular weight is 298 g/mol. The molecule has 2 aromatic rings. The van der Waals surface area contributed by atoms with E-state index in [1.54, 1.807) is 0 Å². The quantitative estimate of drug-likeness (QED) is 0.913. The van der Waals surface area contributed by atoms with Crippen molar-refractivity contribution < 1.29 is 5.11 Å². The predicted molar refractivity (Wildman–Crippen MR) is 90.7 cm³/mol. The molecule has 1 unspecified atom stereocenters. The van der Waals surface area contributed by atoms with Gasteiger partial charge in [0.25, 0.3) is 0 Å². The van der Waals surface area contributed by atoms with Crippen molar-refractivity contribution in [3.05, 3.63) is 42.1 Å².